The lowest BCUT2D eigenvalue weighted by Gasteiger charge is -2.09. The number of carboxylic acid groups (broad SMARTS) is 1. The standard InChI is InChI=1S/C15H14ClNO2/c1-10-9-12(3-8-15(18)19)11(2)17(10)14-6-4-13(16)5-7-14/h3-9H,1-2H3,(H,18,19)/b8-3+. The van der Waals surface area contributed by atoms with Crippen LogP contribution in [0.2, 0.25) is 5.02 Å². The first-order chi connectivity index (χ1) is 8.99. The Morgan fingerprint density at radius 3 is 2.47 bits per heavy atom. The Kier molecular flexibility index (Phi) is 3.76. The molecule has 1 aromatic heterocycles. The average molecular weight is 276 g/mol. The van der Waals surface area contributed by atoms with E-state index in [4.69, 9.17) is 16.7 Å². The van der Waals surface area contributed by atoms with Gasteiger partial charge in [0.25, 0.3) is 0 Å². The predicted octanol–water partition coefficient (Wildman–Crippen LogP) is 3.85. The number of aromatic nitrogens is 1. The van der Waals surface area contributed by atoms with Crippen molar-refractivity contribution in [1.82, 2.24) is 4.57 Å². The summed E-state index contributed by atoms with van der Waals surface area (Å²) in [4.78, 5) is 10.6. The fraction of sp³-hybridized carbons (Fsp3) is 0.133. The number of nitrogens with zero attached hydrogens (tertiary/aromatic N) is 1. The molecular weight excluding hydrogens is 262 g/mol. The average Bonchev–Trinajstić information content (AvgIpc) is 2.63. The summed E-state index contributed by atoms with van der Waals surface area (Å²) in [7, 11) is 0. The Bertz CT molecular complexity index is 639. The van der Waals surface area contributed by atoms with Gasteiger partial charge < -0.3 is 9.67 Å². The number of halogens is 1. The van der Waals surface area contributed by atoms with E-state index in [1.807, 2.05) is 44.2 Å². The molecule has 0 aliphatic carbocycles. The zero-order chi connectivity index (χ0) is 14.0. The molecule has 19 heavy (non-hydrogen) atoms. The van der Waals surface area contributed by atoms with Crippen LogP contribution in [-0.4, -0.2) is 15.6 Å². The Labute approximate surface area is 116 Å². The molecule has 1 aromatic carbocycles. The SMILES string of the molecule is Cc1cc(/C=C/C(=O)O)c(C)n1-c1ccc(Cl)cc1. The van der Waals surface area contributed by atoms with Gasteiger partial charge in [0.05, 0.1) is 0 Å². The first kappa shape index (κ1) is 13.4. The van der Waals surface area contributed by atoms with Crippen LogP contribution in [0.3, 0.4) is 0 Å². The number of hydrogen-bond donors (Lipinski definition) is 1. The third-order valence-electron chi connectivity index (χ3n) is 2.96. The third kappa shape index (κ3) is 2.88. The lowest BCUT2D eigenvalue weighted by molar-refractivity contribution is -0.131. The molecule has 2 rings (SSSR count). The maximum Gasteiger partial charge on any atom is 0.328 e. The van der Waals surface area contributed by atoms with Crippen molar-refractivity contribution in [1.29, 1.82) is 0 Å². The van der Waals surface area contributed by atoms with Crippen molar-refractivity contribution in [2.45, 2.75) is 13.8 Å². The number of benzene rings is 1. The van der Waals surface area contributed by atoms with Crippen molar-refractivity contribution < 1.29 is 9.90 Å². The van der Waals surface area contributed by atoms with Crippen molar-refractivity contribution in [3.63, 3.8) is 0 Å². The topological polar surface area (TPSA) is 42.2 Å². The summed E-state index contributed by atoms with van der Waals surface area (Å²) < 4.78 is 2.07. The largest absolute Gasteiger partial charge is 0.478 e. The van der Waals surface area contributed by atoms with E-state index in [0.29, 0.717) is 5.02 Å². The van der Waals surface area contributed by atoms with E-state index in [1.165, 1.54) is 0 Å². The molecule has 3 nitrogen and oxygen atoms in total. The molecule has 0 fully saturated rings. The zero-order valence-corrected chi connectivity index (χ0v) is 11.5. The molecule has 0 bridgehead atoms. The summed E-state index contributed by atoms with van der Waals surface area (Å²) in [5.41, 5.74) is 3.95. The number of carbonyl (C=O) groups is 1. The second kappa shape index (κ2) is 5.33. The first-order valence-corrected chi connectivity index (χ1v) is 6.22. The van der Waals surface area contributed by atoms with Gasteiger partial charge in [-0.15, -0.1) is 0 Å². The van der Waals surface area contributed by atoms with Crippen molar-refractivity contribution >= 4 is 23.6 Å². The van der Waals surface area contributed by atoms with Crippen molar-refractivity contribution in [3.8, 4) is 5.69 Å². The highest BCUT2D eigenvalue weighted by Crippen LogP contribution is 2.22. The van der Waals surface area contributed by atoms with Gasteiger partial charge in [0.15, 0.2) is 0 Å². The van der Waals surface area contributed by atoms with E-state index in [2.05, 4.69) is 4.57 Å². The van der Waals surface area contributed by atoms with Crippen LogP contribution in [0.5, 0.6) is 0 Å². The summed E-state index contributed by atoms with van der Waals surface area (Å²) in [5, 5.41) is 9.37. The molecular formula is C15H14ClNO2. The van der Waals surface area contributed by atoms with Gasteiger partial charge in [0.2, 0.25) is 0 Å². The maximum atomic E-state index is 10.6. The number of aliphatic carboxylic acids is 1. The molecule has 0 unspecified atom stereocenters. The van der Waals surface area contributed by atoms with E-state index in [0.717, 1.165) is 28.7 Å². The fourth-order valence-electron chi connectivity index (χ4n) is 2.10. The van der Waals surface area contributed by atoms with Gasteiger partial charge in [-0.1, -0.05) is 11.6 Å². The Morgan fingerprint density at radius 2 is 1.89 bits per heavy atom. The van der Waals surface area contributed by atoms with Crippen molar-refractivity contribution in [2.75, 3.05) is 0 Å². The molecule has 0 radical (unpaired) electrons. The second-order valence-corrected chi connectivity index (χ2v) is 4.75. The Hall–Kier alpha value is -2.00. The summed E-state index contributed by atoms with van der Waals surface area (Å²) in [6, 6.07) is 9.51. The molecule has 0 spiro atoms. The van der Waals surface area contributed by atoms with E-state index < -0.39 is 5.97 Å². The lowest BCUT2D eigenvalue weighted by atomic mass is 10.2. The third-order valence-corrected chi connectivity index (χ3v) is 3.21. The Morgan fingerprint density at radius 1 is 1.26 bits per heavy atom. The van der Waals surface area contributed by atoms with E-state index >= 15 is 0 Å². The highest BCUT2D eigenvalue weighted by Gasteiger charge is 2.08. The molecule has 0 aliphatic heterocycles. The van der Waals surface area contributed by atoms with Crippen LogP contribution in [0.4, 0.5) is 0 Å². The van der Waals surface area contributed by atoms with Gasteiger partial charge in [0, 0.05) is 28.2 Å². The van der Waals surface area contributed by atoms with Gasteiger partial charge in [-0.05, 0) is 55.8 Å². The molecule has 0 atom stereocenters. The number of rotatable bonds is 3. The minimum absolute atomic E-state index is 0.692. The zero-order valence-electron chi connectivity index (χ0n) is 10.7. The van der Waals surface area contributed by atoms with Gasteiger partial charge in [-0.3, -0.25) is 0 Å². The monoisotopic (exact) mass is 275 g/mol. The molecule has 0 amide bonds. The van der Waals surface area contributed by atoms with Crippen LogP contribution < -0.4 is 0 Å². The minimum atomic E-state index is -0.948. The van der Waals surface area contributed by atoms with Crippen molar-refractivity contribution in [2.24, 2.45) is 0 Å². The molecule has 1 N–H and O–H groups in total. The minimum Gasteiger partial charge on any atom is -0.478 e. The number of carboxylic acids is 1. The summed E-state index contributed by atoms with van der Waals surface area (Å²) >= 11 is 5.88. The number of hydrogen-bond acceptors (Lipinski definition) is 1. The number of aryl methyl sites for hydroxylation is 1. The molecule has 0 saturated heterocycles. The van der Waals surface area contributed by atoms with Crippen molar-refractivity contribution in [3.05, 3.63) is 58.4 Å². The van der Waals surface area contributed by atoms with E-state index in [9.17, 15) is 4.79 Å². The molecule has 4 heteroatoms. The Balaban J connectivity index is 2.47. The predicted molar refractivity (Wildman–Crippen MR) is 76.9 cm³/mol. The maximum absolute atomic E-state index is 10.6. The van der Waals surface area contributed by atoms with Crippen LogP contribution >= 0.6 is 11.6 Å². The van der Waals surface area contributed by atoms with E-state index in [-0.39, 0.29) is 0 Å². The second-order valence-electron chi connectivity index (χ2n) is 4.31. The van der Waals surface area contributed by atoms with Crippen LogP contribution in [0.15, 0.2) is 36.4 Å². The van der Waals surface area contributed by atoms with E-state index in [1.54, 1.807) is 6.08 Å². The summed E-state index contributed by atoms with van der Waals surface area (Å²) in [5.74, 6) is -0.948. The van der Waals surface area contributed by atoms with Crippen LogP contribution in [0, 0.1) is 13.8 Å². The highest BCUT2D eigenvalue weighted by atomic mass is 35.5. The smallest absolute Gasteiger partial charge is 0.328 e. The van der Waals surface area contributed by atoms with Crippen LogP contribution in [-0.2, 0) is 4.79 Å². The van der Waals surface area contributed by atoms with Gasteiger partial charge in [-0.25, -0.2) is 4.79 Å². The van der Waals surface area contributed by atoms with Crippen LogP contribution in [0.25, 0.3) is 11.8 Å². The molecule has 98 valence electrons. The van der Waals surface area contributed by atoms with Gasteiger partial charge >= 0.3 is 5.97 Å². The quantitative estimate of drug-likeness (QED) is 0.865. The molecule has 1 heterocycles. The molecule has 0 saturated carbocycles. The summed E-state index contributed by atoms with van der Waals surface area (Å²) in [6.07, 6.45) is 2.76. The van der Waals surface area contributed by atoms with Crippen LogP contribution in [0.1, 0.15) is 17.0 Å². The normalized spacial score (nSPS) is 11.1. The lowest BCUT2D eigenvalue weighted by Crippen LogP contribution is -1.98. The van der Waals surface area contributed by atoms with Gasteiger partial charge in [0.1, 0.15) is 0 Å². The summed E-state index contributed by atoms with van der Waals surface area (Å²) in [6.45, 7) is 3.95. The fourth-order valence-corrected chi connectivity index (χ4v) is 2.23. The van der Waals surface area contributed by atoms with Gasteiger partial charge in [-0.2, -0.15) is 0 Å². The first-order valence-electron chi connectivity index (χ1n) is 5.85. The molecule has 2 aromatic rings. The molecule has 0 aliphatic rings. The highest BCUT2D eigenvalue weighted by molar-refractivity contribution is 6.30.